The summed E-state index contributed by atoms with van der Waals surface area (Å²) in [6.45, 7) is 4.16. The molecule has 0 aliphatic carbocycles. The Morgan fingerprint density at radius 3 is 2.82 bits per heavy atom. The van der Waals surface area contributed by atoms with Gasteiger partial charge in [-0.3, -0.25) is 4.79 Å². The molecule has 0 unspecified atom stereocenters. The summed E-state index contributed by atoms with van der Waals surface area (Å²) in [5.41, 5.74) is 4.67. The second kappa shape index (κ2) is 7.26. The molecule has 0 radical (unpaired) electrons. The number of nitrogens with zero attached hydrogens (tertiary/aromatic N) is 1. The maximum atomic E-state index is 12.0. The summed E-state index contributed by atoms with van der Waals surface area (Å²) in [5, 5.41) is 13.5. The number of phenols is 1. The Morgan fingerprint density at radius 1 is 1.32 bits per heavy atom. The Bertz CT molecular complexity index is 696. The topological polar surface area (TPSA) is 70.9 Å². The van der Waals surface area contributed by atoms with Gasteiger partial charge in [0, 0.05) is 5.56 Å². The average Bonchev–Trinajstić information content (AvgIpc) is 2.51. The Morgan fingerprint density at radius 2 is 2.09 bits per heavy atom. The van der Waals surface area contributed by atoms with Crippen LogP contribution >= 0.6 is 0 Å². The first-order chi connectivity index (χ1) is 10.6. The van der Waals surface area contributed by atoms with E-state index in [2.05, 4.69) is 10.5 Å². The molecule has 0 heterocycles. The molecule has 0 bridgehead atoms. The molecule has 0 atom stereocenters. The molecule has 114 valence electrons. The number of phenolic OH excluding ortho intramolecular Hbond substituents is 1. The third kappa shape index (κ3) is 3.85. The summed E-state index contributed by atoms with van der Waals surface area (Å²) in [4.78, 5) is 12.0. The van der Waals surface area contributed by atoms with Crippen molar-refractivity contribution in [3.05, 3.63) is 59.2 Å². The zero-order valence-corrected chi connectivity index (χ0v) is 12.5. The Balaban J connectivity index is 2.05. The van der Waals surface area contributed by atoms with Crippen LogP contribution in [0.1, 0.15) is 28.4 Å². The summed E-state index contributed by atoms with van der Waals surface area (Å²) in [7, 11) is 0. The standard InChI is InChI=1S/C17H18N2O3/c1-3-22-16-10-13(8-9-15(16)20)11-18-19-17(21)14-7-5-4-6-12(14)2/h4-11,20H,3H2,1-2H3,(H,19,21)/b18-11-. The van der Waals surface area contributed by atoms with Gasteiger partial charge in [-0.25, -0.2) is 5.43 Å². The highest BCUT2D eigenvalue weighted by molar-refractivity contribution is 5.96. The molecule has 0 fully saturated rings. The SMILES string of the molecule is CCOc1cc(/C=N\NC(=O)c2ccccc2C)ccc1O. The van der Waals surface area contributed by atoms with Gasteiger partial charge in [0.1, 0.15) is 0 Å². The Kier molecular flexibility index (Phi) is 5.14. The lowest BCUT2D eigenvalue weighted by Crippen LogP contribution is -2.18. The summed E-state index contributed by atoms with van der Waals surface area (Å²) >= 11 is 0. The third-order valence-electron chi connectivity index (χ3n) is 3.05. The number of nitrogens with one attached hydrogen (secondary N) is 1. The van der Waals surface area contributed by atoms with Crippen molar-refractivity contribution >= 4 is 12.1 Å². The zero-order chi connectivity index (χ0) is 15.9. The molecule has 2 aromatic rings. The van der Waals surface area contributed by atoms with Crippen LogP contribution in [0.5, 0.6) is 11.5 Å². The molecule has 0 saturated carbocycles. The highest BCUT2D eigenvalue weighted by Crippen LogP contribution is 2.26. The number of hydrazone groups is 1. The van der Waals surface area contributed by atoms with Gasteiger partial charge in [-0.15, -0.1) is 0 Å². The smallest absolute Gasteiger partial charge is 0.271 e. The van der Waals surface area contributed by atoms with E-state index in [-0.39, 0.29) is 11.7 Å². The van der Waals surface area contributed by atoms with Crippen LogP contribution in [0.15, 0.2) is 47.6 Å². The second-order valence-electron chi connectivity index (χ2n) is 4.67. The number of benzene rings is 2. The minimum atomic E-state index is -0.266. The molecule has 22 heavy (non-hydrogen) atoms. The first-order valence-corrected chi connectivity index (χ1v) is 6.96. The fraction of sp³-hybridized carbons (Fsp3) is 0.176. The van der Waals surface area contributed by atoms with E-state index < -0.39 is 0 Å². The molecule has 1 amide bonds. The number of hydrogen-bond donors (Lipinski definition) is 2. The molecular formula is C17H18N2O3. The fourth-order valence-corrected chi connectivity index (χ4v) is 1.94. The van der Waals surface area contributed by atoms with Crippen LogP contribution < -0.4 is 10.2 Å². The van der Waals surface area contributed by atoms with Gasteiger partial charge in [0.25, 0.3) is 5.91 Å². The summed E-state index contributed by atoms with van der Waals surface area (Å²) in [6.07, 6.45) is 1.50. The van der Waals surface area contributed by atoms with Crippen molar-refractivity contribution in [2.24, 2.45) is 5.10 Å². The number of amides is 1. The van der Waals surface area contributed by atoms with Gasteiger partial charge in [0.15, 0.2) is 11.5 Å². The van der Waals surface area contributed by atoms with E-state index in [0.29, 0.717) is 23.5 Å². The van der Waals surface area contributed by atoms with Crippen LogP contribution in [0.3, 0.4) is 0 Å². The molecule has 0 spiro atoms. The summed E-state index contributed by atoms with van der Waals surface area (Å²) < 4.78 is 5.29. The van der Waals surface area contributed by atoms with Crippen LogP contribution in [-0.2, 0) is 0 Å². The third-order valence-corrected chi connectivity index (χ3v) is 3.05. The molecule has 5 heteroatoms. The summed E-state index contributed by atoms with van der Waals surface area (Å²) in [5.74, 6) is 0.192. The average molecular weight is 298 g/mol. The van der Waals surface area contributed by atoms with Crippen molar-refractivity contribution in [2.75, 3.05) is 6.61 Å². The number of hydrogen-bond acceptors (Lipinski definition) is 4. The van der Waals surface area contributed by atoms with E-state index in [1.165, 1.54) is 12.3 Å². The Hall–Kier alpha value is -2.82. The second-order valence-corrected chi connectivity index (χ2v) is 4.67. The highest BCUT2D eigenvalue weighted by atomic mass is 16.5. The highest BCUT2D eigenvalue weighted by Gasteiger charge is 2.06. The predicted molar refractivity (Wildman–Crippen MR) is 85.5 cm³/mol. The number of aryl methyl sites for hydroxylation is 1. The first-order valence-electron chi connectivity index (χ1n) is 6.96. The van der Waals surface area contributed by atoms with Crippen LogP contribution in [0, 0.1) is 6.92 Å². The summed E-state index contributed by atoms with van der Waals surface area (Å²) in [6, 6.07) is 12.2. The quantitative estimate of drug-likeness (QED) is 0.658. The lowest BCUT2D eigenvalue weighted by atomic mass is 10.1. The van der Waals surface area contributed by atoms with Crippen molar-refractivity contribution in [3.8, 4) is 11.5 Å². The predicted octanol–water partition coefficient (Wildman–Crippen LogP) is 2.86. The van der Waals surface area contributed by atoms with Crippen molar-refractivity contribution in [3.63, 3.8) is 0 Å². The fourth-order valence-electron chi connectivity index (χ4n) is 1.94. The molecule has 0 aromatic heterocycles. The molecule has 2 N–H and O–H groups in total. The molecule has 0 aliphatic rings. The van der Waals surface area contributed by atoms with Gasteiger partial charge in [0.05, 0.1) is 12.8 Å². The van der Waals surface area contributed by atoms with E-state index in [1.54, 1.807) is 24.3 Å². The molecule has 0 saturated heterocycles. The van der Waals surface area contributed by atoms with E-state index in [1.807, 2.05) is 26.0 Å². The van der Waals surface area contributed by atoms with Crippen LogP contribution in [-0.4, -0.2) is 23.8 Å². The minimum absolute atomic E-state index is 0.0722. The van der Waals surface area contributed by atoms with Gasteiger partial charge >= 0.3 is 0 Å². The van der Waals surface area contributed by atoms with Crippen LogP contribution in [0.4, 0.5) is 0 Å². The molecular weight excluding hydrogens is 280 g/mol. The lowest BCUT2D eigenvalue weighted by molar-refractivity contribution is 0.0954. The van der Waals surface area contributed by atoms with Crippen molar-refractivity contribution in [1.29, 1.82) is 0 Å². The zero-order valence-electron chi connectivity index (χ0n) is 12.5. The number of carbonyl (C=O) groups excluding carboxylic acids is 1. The van der Waals surface area contributed by atoms with Gasteiger partial charge in [0.2, 0.25) is 0 Å². The molecule has 2 aromatic carbocycles. The van der Waals surface area contributed by atoms with Crippen LogP contribution in [0.2, 0.25) is 0 Å². The maximum Gasteiger partial charge on any atom is 0.271 e. The van der Waals surface area contributed by atoms with E-state index in [0.717, 1.165) is 5.56 Å². The molecule has 5 nitrogen and oxygen atoms in total. The molecule has 2 rings (SSSR count). The van der Waals surface area contributed by atoms with Gasteiger partial charge in [-0.2, -0.15) is 5.10 Å². The monoisotopic (exact) mass is 298 g/mol. The van der Waals surface area contributed by atoms with E-state index in [4.69, 9.17) is 4.74 Å². The van der Waals surface area contributed by atoms with Crippen molar-refractivity contribution < 1.29 is 14.6 Å². The normalized spacial score (nSPS) is 10.6. The van der Waals surface area contributed by atoms with E-state index in [9.17, 15) is 9.90 Å². The molecule has 0 aliphatic heterocycles. The largest absolute Gasteiger partial charge is 0.504 e. The number of aromatic hydroxyl groups is 1. The number of rotatable bonds is 5. The van der Waals surface area contributed by atoms with Crippen molar-refractivity contribution in [1.82, 2.24) is 5.43 Å². The maximum absolute atomic E-state index is 12.0. The first kappa shape index (κ1) is 15.6. The van der Waals surface area contributed by atoms with Gasteiger partial charge in [-0.05, 0) is 49.2 Å². The van der Waals surface area contributed by atoms with Gasteiger partial charge < -0.3 is 9.84 Å². The van der Waals surface area contributed by atoms with E-state index >= 15 is 0 Å². The number of ether oxygens (including phenoxy) is 1. The minimum Gasteiger partial charge on any atom is -0.504 e. The van der Waals surface area contributed by atoms with Crippen molar-refractivity contribution in [2.45, 2.75) is 13.8 Å². The van der Waals surface area contributed by atoms with Crippen LogP contribution in [0.25, 0.3) is 0 Å². The van der Waals surface area contributed by atoms with Gasteiger partial charge in [-0.1, -0.05) is 18.2 Å². The Labute approximate surface area is 129 Å². The lowest BCUT2D eigenvalue weighted by Gasteiger charge is -2.06. The number of carbonyl (C=O) groups is 1.